The van der Waals surface area contributed by atoms with Gasteiger partial charge in [-0.15, -0.1) is 0 Å². The maximum atomic E-state index is 13.0. The fourth-order valence-corrected chi connectivity index (χ4v) is 3.70. The lowest BCUT2D eigenvalue weighted by atomic mass is 9.97. The third kappa shape index (κ3) is 6.72. The molecule has 2 atom stereocenters. The Bertz CT molecular complexity index is 1150. The molecule has 0 radical (unpaired) electrons. The number of hydrogen-bond acceptors (Lipinski definition) is 5. The zero-order valence-corrected chi connectivity index (χ0v) is 19.2. The molecule has 0 fully saturated rings. The summed E-state index contributed by atoms with van der Waals surface area (Å²) in [5.41, 5.74) is 6.78. The summed E-state index contributed by atoms with van der Waals surface area (Å²) in [4.78, 5) is 41.6. The summed E-state index contributed by atoms with van der Waals surface area (Å²) < 4.78 is 43.5. The molecule has 0 saturated heterocycles. The Hall–Kier alpha value is -3.60. The van der Waals surface area contributed by atoms with Gasteiger partial charge in [-0.1, -0.05) is 35.9 Å². The van der Waals surface area contributed by atoms with Crippen LogP contribution >= 0.6 is 11.6 Å². The third-order valence-corrected chi connectivity index (χ3v) is 5.50. The summed E-state index contributed by atoms with van der Waals surface area (Å²) >= 11 is 5.99. The van der Waals surface area contributed by atoms with Gasteiger partial charge in [0.05, 0.1) is 18.5 Å². The molecule has 186 valence electrons. The Morgan fingerprint density at radius 3 is 2.51 bits per heavy atom. The van der Waals surface area contributed by atoms with Crippen molar-refractivity contribution < 1.29 is 32.3 Å². The zero-order chi connectivity index (χ0) is 25.8. The van der Waals surface area contributed by atoms with Crippen molar-refractivity contribution in [2.24, 2.45) is 16.6 Å². The van der Waals surface area contributed by atoms with Crippen molar-refractivity contribution in [1.82, 2.24) is 5.32 Å². The number of ether oxygens (including phenoxy) is 1. The van der Waals surface area contributed by atoms with Crippen LogP contribution in [0.3, 0.4) is 0 Å². The number of benzene rings is 2. The second-order valence-electron chi connectivity index (χ2n) is 7.79. The lowest BCUT2D eigenvalue weighted by molar-refractivity contribution is -0.143. The van der Waals surface area contributed by atoms with Crippen LogP contribution in [0.25, 0.3) is 0 Å². The molecule has 4 N–H and O–H groups in total. The number of rotatable bonds is 8. The molecular weight excluding hydrogens is 489 g/mol. The van der Waals surface area contributed by atoms with Gasteiger partial charge in [-0.3, -0.25) is 14.4 Å². The molecule has 3 rings (SSSR count). The first-order valence-electron chi connectivity index (χ1n) is 10.5. The van der Waals surface area contributed by atoms with Crippen LogP contribution in [-0.2, 0) is 14.4 Å². The molecule has 0 bridgehead atoms. The number of halogens is 4. The lowest BCUT2D eigenvalue weighted by Crippen LogP contribution is -2.45. The standard InChI is InChI=1S/C23H22ClF3N4O4/c1-35-16-4-2-3-15-18(12-5-7-14(24)8-6-12)29-20(22(34)30-19(15)16)31-21(33)13(11-17(28)32)9-10-23(25,26)27/h2-8,13,20H,9-11H2,1H3,(H2,28,32)(H,30,34)(H,31,33). The summed E-state index contributed by atoms with van der Waals surface area (Å²) in [6, 6.07) is 11.6. The summed E-state index contributed by atoms with van der Waals surface area (Å²) in [6.45, 7) is 0. The van der Waals surface area contributed by atoms with Gasteiger partial charge < -0.3 is 21.1 Å². The molecule has 35 heavy (non-hydrogen) atoms. The highest BCUT2D eigenvalue weighted by Crippen LogP contribution is 2.33. The van der Waals surface area contributed by atoms with Gasteiger partial charge in [-0.25, -0.2) is 4.99 Å². The number of anilines is 1. The van der Waals surface area contributed by atoms with Crippen LogP contribution in [0, 0.1) is 5.92 Å². The first kappa shape index (κ1) is 26.0. The summed E-state index contributed by atoms with van der Waals surface area (Å²) in [6.07, 6.45) is -8.62. The van der Waals surface area contributed by atoms with Crippen LogP contribution < -0.4 is 21.1 Å². The van der Waals surface area contributed by atoms with E-state index in [1.54, 1.807) is 42.5 Å². The zero-order valence-electron chi connectivity index (χ0n) is 18.5. The van der Waals surface area contributed by atoms with E-state index >= 15 is 0 Å². The van der Waals surface area contributed by atoms with E-state index in [1.165, 1.54) is 7.11 Å². The van der Waals surface area contributed by atoms with Crippen LogP contribution in [-0.4, -0.2) is 42.9 Å². The van der Waals surface area contributed by atoms with E-state index in [9.17, 15) is 27.6 Å². The van der Waals surface area contributed by atoms with E-state index < -0.39 is 55.2 Å². The maximum absolute atomic E-state index is 13.0. The number of nitrogens with zero attached hydrogens (tertiary/aromatic N) is 1. The SMILES string of the molecule is COc1cccc2c1NC(=O)C(NC(=O)C(CCC(F)(F)F)CC(N)=O)N=C2c1ccc(Cl)cc1. The second-order valence-corrected chi connectivity index (χ2v) is 8.23. The van der Waals surface area contributed by atoms with Gasteiger partial charge in [0.15, 0.2) is 0 Å². The van der Waals surface area contributed by atoms with E-state index in [-0.39, 0.29) is 0 Å². The average molecular weight is 511 g/mol. The Kier molecular flexibility index (Phi) is 8.00. The number of carbonyl (C=O) groups is 3. The minimum absolute atomic E-state index is 0.302. The fraction of sp³-hybridized carbons (Fsp3) is 0.304. The maximum Gasteiger partial charge on any atom is 0.389 e. The molecule has 0 spiro atoms. The van der Waals surface area contributed by atoms with Crippen molar-refractivity contribution in [3.8, 4) is 5.75 Å². The quantitative estimate of drug-likeness (QED) is 0.503. The first-order chi connectivity index (χ1) is 16.5. The van der Waals surface area contributed by atoms with E-state index in [0.717, 1.165) is 0 Å². The van der Waals surface area contributed by atoms with Crippen molar-refractivity contribution in [1.29, 1.82) is 0 Å². The highest BCUT2D eigenvalue weighted by Gasteiger charge is 2.34. The molecule has 1 aliphatic heterocycles. The first-order valence-corrected chi connectivity index (χ1v) is 10.8. The second kappa shape index (κ2) is 10.8. The Balaban J connectivity index is 1.99. The molecule has 1 heterocycles. The Morgan fingerprint density at radius 2 is 1.91 bits per heavy atom. The summed E-state index contributed by atoms with van der Waals surface area (Å²) in [7, 11) is 1.42. The summed E-state index contributed by atoms with van der Waals surface area (Å²) in [5.74, 6) is -3.70. The number of nitrogens with one attached hydrogen (secondary N) is 2. The van der Waals surface area contributed by atoms with Gasteiger partial charge in [0.25, 0.3) is 5.91 Å². The molecule has 2 aromatic rings. The van der Waals surface area contributed by atoms with Crippen LogP contribution in [0.5, 0.6) is 5.75 Å². The number of hydrogen-bond donors (Lipinski definition) is 3. The summed E-state index contributed by atoms with van der Waals surface area (Å²) in [5, 5.41) is 5.47. The average Bonchev–Trinajstić information content (AvgIpc) is 2.92. The van der Waals surface area contributed by atoms with Gasteiger partial charge in [0, 0.05) is 34.9 Å². The fourth-order valence-electron chi connectivity index (χ4n) is 3.57. The van der Waals surface area contributed by atoms with Gasteiger partial charge in [-0.2, -0.15) is 13.2 Å². The monoisotopic (exact) mass is 510 g/mol. The smallest absolute Gasteiger partial charge is 0.389 e. The number of fused-ring (bicyclic) bond motifs is 1. The van der Waals surface area contributed by atoms with Crippen LogP contribution in [0.1, 0.15) is 30.4 Å². The molecule has 8 nitrogen and oxygen atoms in total. The van der Waals surface area contributed by atoms with E-state index in [2.05, 4.69) is 15.6 Å². The molecule has 12 heteroatoms. The van der Waals surface area contributed by atoms with E-state index in [0.29, 0.717) is 33.3 Å². The van der Waals surface area contributed by atoms with Crippen molar-refractivity contribution in [2.45, 2.75) is 31.6 Å². The number of carbonyl (C=O) groups excluding carboxylic acids is 3. The highest BCUT2D eigenvalue weighted by atomic mass is 35.5. The number of benzodiazepines with no additional fused rings is 1. The number of nitrogens with two attached hydrogens (primary N) is 1. The van der Waals surface area contributed by atoms with Gasteiger partial charge in [-0.05, 0) is 24.6 Å². The molecule has 2 unspecified atom stereocenters. The molecule has 1 aliphatic rings. The van der Waals surface area contributed by atoms with Crippen LogP contribution in [0.2, 0.25) is 5.02 Å². The molecular formula is C23H22ClF3N4O4. The van der Waals surface area contributed by atoms with Gasteiger partial charge in [0.1, 0.15) is 5.75 Å². The Labute approximate surface area is 203 Å². The normalized spacial score (nSPS) is 16.3. The predicted octanol–water partition coefficient (Wildman–Crippen LogP) is 3.41. The lowest BCUT2D eigenvalue weighted by Gasteiger charge is -2.19. The number of alkyl halides is 3. The third-order valence-electron chi connectivity index (χ3n) is 5.25. The topological polar surface area (TPSA) is 123 Å². The molecule has 3 amide bonds. The Morgan fingerprint density at radius 1 is 1.23 bits per heavy atom. The van der Waals surface area contributed by atoms with Gasteiger partial charge in [0.2, 0.25) is 18.0 Å². The molecule has 2 aromatic carbocycles. The van der Waals surface area contributed by atoms with Crippen molar-refractivity contribution in [3.05, 3.63) is 58.6 Å². The van der Waals surface area contributed by atoms with Gasteiger partial charge >= 0.3 is 6.18 Å². The van der Waals surface area contributed by atoms with Crippen molar-refractivity contribution >= 4 is 40.7 Å². The predicted molar refractivity (Wildman–Crippen MR) is 123 cm³/mol. The number of amides is 3. The molecule has 0 saturated carbocycles. The van der Waals surface area contributed by atoms with E-state index in [4.69, 9.17) is 22.1 Å². The minimum atomic E-state index is -4.53. The van der Waals surface area contributed by atoms with Crippen LogP contribution in [0.4, 0.5) is 18.9 Å². The van der Waals surface area contributed by atoms with Crippen molar-refractivity contribution in [3.63, 3.8) is 0 Å². The number of methoxy groups -OCH3 is 1. The van der Waals surface area contributed by atoms with E-state index in [1.807, 2.05) is 0 Å². The number of para-hydroxylation sites is 1. The minimum Gasteiger partial charge on any atom is -0.495 e. The molecule has 0 aliphatic carbocycles. The number of primary amides is 1. The largest absolute Gasteiger partial charge is 0.495 e. The van der Waals surface area contributed by atoms with Crippen LogP contribution in [0.15, 0.2) is 47.5 Å². The molecule has 0 aromatic heterocycles. The van der Waals surface area contributed by atoms with Crippen molar-refractivity contribution in [2.75, 3.05) is 12.4 Å². The number of aliphatic imine (C=N–C) groups is 1. The highest BCUT2D eigenvalue weighted by molar-refractivity contribution is 6.31.